The molecule has 0 spiro atoms. The Morgan fingerprint density at radius 2 is 2.22 bits per heavy atom. The second-order valence-corrected chi connectivity index (χ2v) is 7.74. The van der Waals surface area contributed by atoms with Gasteiger partial charge >= 0.3 is 0 Å². The molecule has 18 heavy (non-hydrogen) atoms. The molecule has 0 saturated heterocycles. The van der Waals surface area contributed by atoms with E-state index in [0.717, 1.165) is 10.2 Å². The number of rotatable bonds is 4. The van der Waals surface area contributed by atoms with Crippen LogP contribution in [0.3, 0.4) is 0 Å². The molecule has 0 aliphatic carbocycles. The van der Waals surface area contributed by atoms with E-state index in [2.05, 4.69) is 10.3 Å². The van der Waals surface area contributed by atoms with Gasteiger partial charge < -0.3 is 5.32 Å². The summed E-state index contributed by atoms with van der Waals surface area (Å²) in [7, 11) is -3.02. The normalized spacial score (nSPS) is 13.7. The van der Waals surface area contributed by atoms with Crippen LogP contribution in [0.25, 0.3) is 10.2 Å². The highest BCUT2D eigenvalue weighted by Crippen LogP contribution is 2.32. The quantitative estimate of drug-likeness (QED) is 0.943. The lowest BCUT2D eigenvalue weighted by Crippen LogP contribution is -2.25. The van der Waals surface area contributed by atoms with Crippen LogP contribution >= 0.6 is 22.9 Å². The molecule has 0 fully saturated rings. The third-order valence-corrected chi connectivity index (χ3v) is 4.61. The predicted molar refractivity (Wildman–Crippen MR) is 77.4 cm³/mol. The Labute approximate surface area is 115 Å². The van der Waals surface area contributed by atoms with Crippen molar-refractivity contribution >= 4 is 48.7 Å². The van der Waals surface area contributed by atoms with Crippen LogP contribution in [0.15, 0.2) is 17.6 Å². The predicted octanol–water partition coefficient (Wildman–Crippen LogP) is 2.79. The number of hydrogen-bond donors (Lipinski definition) is 1. The van der Waals surface area contributed by atoms with Crippen molar-refractivity contribution in [2.24, 2.45) is 0 Å². The van der Waals surface area contributed by atoms with Crippen molar-refractivity contribution in [3.8, 4) is 0 Å². The van der Waals surface area contributed by atoms with Crippen LogP contribution in [0.4, 0.5) is 5.69 Å². The molecule has 1 unspecified atom stereocenters. The fraction of sp³-hybridized carbons (Fsp3) is 0.364. The number of halogens is 1. The fourth-order valence-corrected chi connectivity index (χ4v) is 3.67. The lowest BCUT2D eigenvalue weighted by molar-refractivity contribution is 0.598. The van der Waals surface area contributed by atoms with Gasteiger partial charge in [0, 0.05) is 12.3 Å². The smallest absolute Gasteiger partial charge is 0.149 e. The van der Waals surface area contributed by atoms with E-state index in [4.69, 9.17) is 11.6 Å². The van der Waals surface area contributed by atoms with Crippen LogP contribution in [0, 0.1) is 0 Å². The summed E-state index contributed by atoms with van der Waals surface area (Å²) in [5.41, 5.74) is 3.23. The lowest BCUT2D eigenvalue weighted by Gasteiger charge is -2.15. The minimum Gasteiger partial charge on any atom is -0.379 e. The van der Waals surface area contributed by atoms with E-state index < -0.39 is 9.84 Å². The Morgan fingerprint density at radius 1 is 1.50 bits per heavy atom. The molecular formula is C11H13ClN2O2S2. The van der Waals surface area contributed by atoms with E-state index in [1.807, 2.05) is 13.0 Å². The highest BCUT2D eigenvalue weighted by Gasteiger charge is 2.14. The molecule has 1 aromatic heterocycles. The molecule has 0 bridgehead atoms. The largest absolute Gasteiger partial charge is 0.379 e. The van der Waals surface area contributed by atoms with Crippen molar-refractivity contribution in [3.63, 3.8) is 0 Å². The molecule has 98 valence electrons. The molecule has 4 nitrogen and oxygen atoms in total. The first-order valence-corrected chi connectivity index (χ1v) is 8.64. The molecule has 2 aromatic rings. The molecule has 7 heteroatoms. The van der Waals surface area contributed by atoms with Gasteiger partial charge in [0.1, 0.15) is 15.4 Å². The Balaban J connectivity index is 2.31. The fourth-order valence-electron chi connectivity index (χ4n) is 1.79. The summed E-state index contributed by atoms with van der Waals surface area (Å²) < 4.78 is 23.5. The molecule has 2 rings (SSSR count). The molecule has 1 heterocycles. The number of sulfone groups is 1. The molecule has 1 aromatic carbocycles. The molecule has 1 atom stereocenters. The molecule has 1 N–H and O–H groups in total. The second-order valence-electron chi connectivity index (χ2n) is 4.26. The van der Waals surface area contributed by atoms with Crippen molar-refractivity contribution in [2.45, 2.75) is 13.0 Å². The van der Waals surface area contributed by atoms with Crippen LogP contribution < -0.4 is 5.32 Å². The summed E-state index contributed by atoms with van der Waals surface area (Å²) in [5.74, 6) is 0.0594. The Kier molecular flexibility index (Phi) is 3.79. The third kappa shape index (κ3) is 3.13. The minimum atomic E-state index is -3.02. The van der Waals surface area contributed by atoms with Crippen molar-refractivity contribution in [3.05, 3.63) is 22.7 Å². The molecule has 0 aliphatic rings. The van der Waals surface area contributed by atoms with E-state index in [0.29, 0.717) is 10.7 Å². The van der Waals surface area contributed by atoms with E-state index in [-0.39, 0.29) is 11.8 Å². The Hall–Kier alpha value is -0.850. The number of anilines is 1. The topological polar surface area (TPSA) is 59.1 Å². The van der Waals surface area contributed by atoms with Crippen molar-refractivity contribution in [1.29, 1.82) is 0 Å². The standard InChI is InChI=1S/C11H13ClN2O2S2/c1-7(5-18(2,15)16)14-10-8(12)3-4-9-11(10)13-6-17-9/h3-4,6-7,14H,5H2,1-2H3. The number of nitrogens with one attached hydrogen (secondary N) is 1. The summed E-state index contributed by atoms with van der Waals surface area (Å²) >= 11 is 7.65. The molecule has 0 aliphatic heterocycles. The molecular weight excluding hydrogens is 292 g/mol. The average Bonchev–Trinajstić information content (AvgIpc) is 2.67. The number of aromatic nitrogens is 1. The molecule has 0 amide bonds. The maximum absolute atomic E-state index is 11.2. The number of nitrogens with zero attached hydrogens (tertiary/aromatic N) is 1. The van der Waals surface area contributed by atoms with Crippen molar-refractivity contribution < 1.29 is 8.42 Å². The van der Waals surface area contributed by atoms with E-state index in [1.165, 1.54) is 17.6 Å². The van der Waals surface area contributed by atoms with Crippen molar-refractivity contribution in [1.82, 2.24) is 4.98 Å². The van der Waals surface area contributed by atoms with E-state index >= 15 is 0 Å². The summed E-state index contributed by atoms with van der Waals surface area (Å²) in [6.45, 7) is 1.81. The van der Waals surface area contributed by atoms with Gasteiger partial charge in [0.05, 0.1) is 26.7 Å². The number of hydrogen-bond acceptors (Lipinski definition) is 5. The van der Waals surface area contributed by atoms with Gasteiger partial charge in [-0.2, -0.15) is 0 Å². The van der Waals surface area contributed by atoms with Gasteiger partial charge in [0.25, 0.3) is 0 Å². The first kappa shape index (κ1) is 13.6. The zero-order valence-corrected chi connectivity index (χ0v) is 12.4. The first-order chi connectivity index (χ1) is 8.37. The Bertz CT molecular complexity index is 667. The van der Waals surface area contributed by atoms with Gasteiger partial charge in [0.2, 0.25) is 0 Å². The maximum Gasteiger partial charge on any atom is 0.149 e. The summed E-state index contributed by atoms with van der Waals surface area (Å²) in [4.78, 5) is 4.25. The van der Waals surface area contributed by atoms with Crippen molar-refractivity contribution in [2.75, 3.05) is 17.3 Å². The SMILES string of the molecule is CC(CS(C)(=O)=O)Nc1c(Cl)ccc2scnc12. The van der Waals surface area contributed by atoms with Gasteiger partial charge in [-0.1, -0.05) is 11.6 Å². The number of benzene rings is 1. The Morgan fingerprint density at radius 3 is 2.89 bits per heavy atom. The number of thiazole rings is 1. The second kappa shape index (κ2) is 5.03. The van der Waals surface area contributed by atoms with Crippen LogP contribution in [-0.2, 0) is 9.84 Å². The zero-order chi connectivity index (χ0) is 13.3. The summed E-state index contributed by atoms with van der Waals surface area (Å²) in [6.07, 6.45) is 1.22. The van der Waals surface area contributed by atoms with Crippen LogP contribution in [0.1, 0.15) is 6.92 Å². The van der Waals surface area contributed by atoms with E-state index in [9.17, 15) is 8.42 Å². The average molecular weight is 305 g/mol. The van der Waals surface area contributed by atoms with Gasteiger partial charge in [-0.3, -0.25) is 0 Å². The third-order valence-electron chi connectivity index (χ3n) is 2.40. The summed E-state index contributed by atoms with van der Waals surface area (Å²) in [5, 5.41) is 3.68. The highest BCUT2D eigenvalue weighted by atomic mass is 35.5. The number of fused-ring (bicyclic) bond motifs is 1. The van der Waals surface area contributed by atoms with Crippen LogP contribution in [-0.4, -0.2) is 31.5 Å². The van der Waals surface area contributed by atoms with E-state index in [1.54, 1.807) is 11.6 Å². The monoisotopic (exact) mass is 304 g/mol. The minimum absolute atomic E-state index is 0.0594. The van der Waals surface area contributed by atoms with Gasteiger partial charge in [0.15, 0.2) is 0 Å². The molecule has 0 radical (unpaired) electrons. The zero-order valence-electron chi connectivity index (χ0n) is 9.97. The van der Waals surface area contributed by atoms with Crippen LogP contribution in [0.2, 0.25) is 5.02 Å². The lowest BCUT2D eigenvalue weighted by atomic mass is 10.2. The first-order valence-electron chi connectivity index (χ1n) is 5.33. The van der Waals surface area contributed by atoms with Crippen LogP contribution in [0.5, 0.6) is 0 Å². The van der Waals surface area contributed by atoms with Gasteiger partial charge in [-0.15, -0.1) is 11.3 Å². The highest BCUT2D eigenvalue weighted by molar-refractivity contribution is 7.90. The van der Waals surface area contributed by atoms with Gasteiger partial charge in [-0.25, -0.2) is 13.4 Å². The van der Waals surface area contributed by atoms with Gasteiger partial charge in [-0.05, 0) is 19.1 Å². The molecule has 0 saturated carbocycles. The maximum atomic E-state index is 11.2. The summed E-state index contributed by atoms with van der Waals surface area (Å²) in [6, 6.07) is 3.48.